The molecule has 0 spiro atoms. The van der Waals surface area contributed by atoms with Gasteiger partial charge >= 0.3 is 0 Å². The maximum atomic E-state index is 12.1. The first-order valence-corrected chi connectivity index (χ1v) is 7.76. The van der Waals surface area contributed by atoms with Gasteiger partial charge in [0, 0.05) is 18.7 Å². The Labute approximate surface area is 124 Å². The van der Waals surface area contributed by atoms with Gasteiger partial charge < -0.3 is 10.0 Å². The highest BCUT2D eigenvalue weighted by molar-refractivity contribution is 7.89. The van der Waals surface area contributed by atoms with Gasteiger partial charge in [-0.1, -0.05) is 23.4 Å². The molecule has 0 fully saturated rings. The van der Waals surface area contributed by atoms with Gasteiger partial charge in [0.05, 0.1) is 5.02 Å². The minimum absolute atomic E-state index is 0.0208. The van der Waals surface area contributed by atoms with Crippen LogP contribution in [0.25, 0.3) is 0 Å². The summed E-state index contributed by atoms with van der Waals surface area (Å²) < 4.78 is 26.6. The number of benzene rings is 1. The first-order chi connectivity index (χ1) is 9.36. The lowest BCUT2D eigenvalue weighted by Gasteiger charge is -2.11. The molecule has 1 aromatic carbocycles. The van der Waals surface area contributed by atoms with Crippen molar-refractivity contribution in [2.24, 2.45) is 0 Å². The molecule has 1 rings (SSSR count). The fourth-order valence-electron chi connectivity index (χ4n) is 1.42. The fraction of sp³-hybridized carbons (Fsp3) is 0.385. The van der Waals surface area contributed by atoms with Crippen LogP contribution in [0.15, 0.2) is 23.1 Å². The number of nitrogens with one attached hydrogen (secondary N) is 1. The molecule has 0 aliphatic heterocycles. The lowest BCUT2D eigenvalue weighted by atomic mass is 10.2. The number of likely N-dealkylation sites (N-methyl/N-ethyl adjacent to an activating group) is 1. The van der Waals surface area contributed by atoms with Crippen molar-refractivity contribution in [1.82, 2.24) is 9.62 Å². The summed E-state index contributed by atoms with van der Waals surface area (Å²) in [7, 11) is 0.0840. The molecule has 0 saturated carbocycles. The zero-order valence-corrected chi connectivity index (χ0v) is 12.9. The Morgan fingerprint density at radius 3 is 2.65 bits per heavy atom. The molecule has 0 unspecified atom stereocenters. The van der Waals surface area contributed by atoms with Crippen molar-refractivity contribution in [2.75, 3.05) is 33.8 Å². The second-order valence-corrected chi connectivity index (χ2v) is 6.45. The van der Waals surface area contributed by atoms with Gasteiger partial charge in [-0.25, -0.2) is 13.1 Å². The Hall–Kier alpha value is -1.10. The van der Waals surface area contributed by atoms with E-state index in [-0.39, 0.29) is 16.5 Å². The third-order valence-corrected chi connectivity index (χ3v) is 4.33. The molecule has 7 heteroatoms. The molecular weight excluding hydrogens is 300 g/mol. The highest BCUT2D eigenvalue weighted by Gasteiger charge is 2.17. The number of hydrogen-bond acceptors (Lipinski definition) is 4. The molecule has 0 saturated heterocycles. The molecule has 0 amide bonds. The molecule has 0 bridgehead atoms. The molecule has 1 aromatic rings. The van der Waals surface area contributed by atoms with Crippen molar-refractivity contribution in [3.63, 3.8) is 0 Å². The number of rotatable bonds is 5. The summed E-state index contributed by atoms with van der Waals surface area (Å²) in [6, 6.07) is 4.42. The topological polar surface area (TPSA) is 69.6 Å². The highest BCUT2D eigenvalue weighted by atomic mass is 35.5. The smallest absolute Gasteiger partial charge is 0.242 e. The Morgan fingerprint density at radius 2 is 2.10 bits per heavy atom. The summed E-state index contributed by atoms with van der Waals surface area (Å²) in [5.41, 5.74) is 0.552. The predicted molar refractivity (Wildman–Crippen MR) is 79.2 cm³/mol. The molecule has 20 heavy (non-hydrogen) atoms. The van der Waals surface area contributed by atoms with Crippen molar-refractivity contribution in [1.29, 1.82) is 0 Å². The quantitative estimate of drug-likeness (QED) is 0.777. The zero-order valence-electron chi connectivity index (χ0n) is 11.4. The Morgan fingerprint density at radius 1 is 1.40 bits per heavy atom. The standard InChI is InChI=1S/C13H17ClN2O3S/c1-16(2)8-7-15-20(18,19)13-6-5-11(4-3-9-17)10-12(13)14/h5-6,10,15,17H,7-9H2,1-2H3. The second kappa shape index (κ2) is 7.62. The maximum Gasteiger partial charge on any atom is 0.242 e. The molecule has 0 aromatic heterocycles. The van der Waals surface area contributed by atoms with Gasteiger partial charge in [-0.2, -0.15) is 0 Å². The third kappa shape index (κ3) is 5.12. The van der Waals surface area contributed by atoms with Crippen molar-refractivity contribution in [2.45, 2.75) is 4.90 Å². The van der Waals surface area contributed by atoms with Gasteiger partial charge in [-0.15, -0.1) is 0 Å². The SMILES string of the molecule is CN(C)CCNS(=O)(=O)c1ccc(C#CCO)cc1Cl. The molecule has 110 valence electrons. The summed E-state index contributed by atoms with van der Waals surface area (Å²) in [6.07, 6.45) is 0. The van der Waals surface area contributed by atoms with Gasteiger partial charge in [0.2, 0.25) is 10.0 Å². The molecule has 2 N–H and O–H groups in total. The second-order valence-electron chi connectivity index (χ2n) is 4.31. The van der Waals surface area contributed by atoms with E-state index in [1.165, 1.54) is 12.1 Å². The molecule has 0 aliphatic carbocycles. The van der Waals surface area contributed by atoms with E-state index in [2.05, 4.69) is 16.6 Å². The van der Waals surface area contributed by atoms with Crippen LogP contribution in [-0.4, -0.2) is 52.2 Å². The van der Waals surface area contributed by atoms with E-state index in [4.69, 9.17) is 16.7 Å². The highest BCUT2D eigenvalue weighted by Crippen LogP contribution is 2.22. The van der Waals surface area contributed by atoms with Crippen LogP contribution in [0.5, 0.6) is 0 Å². The van der Waals surface area contributed by atoms with E-state index in [0.29, 0.717) is 18.7 Å². The zero-order chi connectivity index (χ0) is 15.2. The van der Waals surface area contributed by atoms with Crippen LogP contribution in [-0.2, 0) is 10.0 Å². The Balaban J connectivity index is 2.90. The first kappa shape index (κ1) is 17.0. The monoisotopic (exact) mass is 316 g/mol. The summed E-state index contributed by atoms with van der Waals surface area (Å²) >= 11 is 5.97. The molecular formula is C13H17ClN2O3S. The minimum atomic E-state index is -3.63. The number of aliphatic hydroxyl groups is 1. The van der Waals surface area contributed by atoms with E-state index < -0.39 is 10.0 Å². The van der Waals surface area contributed by atoms with Crippen LogP contribution in [0, 0.1) is 11.8 Å². The van der Waals surface area contributed by atoms with Crippen LogP contribution in [0.3, 0.4) is 0 Å². The molecule has 0 heterocycles. The average molecular weight is 317 g/mol. The van der Waals surface area contributed by atoms with E-state index in [1.807, 2.05) is 19.0 Å². The van der Waals surface area contributed by atoms with Crippen molar-refractivity contribution in [3.8, 4) is 11.8 Å². The van der Waals surface area contributed by atoms with E-state index in [0.717, 1.165) is 0 Å². The van der Waals surface area contributed by atoms with Gasteiger partial charge in [0.1, 0.15) is 11.5 Å². The molecule has 0 radical (unpaired) electrons. The summed E-state index contributed by atoms with van der Waals surface area (Å²) in [5, 5.41) is 8.71. The van der Waals surface area contributed by atoms with Crippen LogP contribution >= 0.6 is 11.6 Å². The van der Waals surface area contributed by atoms with Crippen molar-refractivity contribution in [3.05, 3.63) is 28.8 Å². The average Bonchev–Trinajstić information content (AvgIpc) is 2.35. The van der Waals surface area contributed by atoms with E-state index >= 15 is 0 Å². The predicted octanol–water partition coefficient (Wildman–Crippen LogP) is 0.524. The number of sulfonamides is 1. The van der Waals surface area contributed by atoms with Gasteiger partial charge in [0.15, 0.2) is 0 Å². The third-order valence-electron chi connectivity index (χ3n) is 2.38. The molecule has 0 atom stereocenters. The maximum absolute atomic E-state index is 12.1. The van der Waals surface area contributed by atoms with Crippen LogP contribution < -0.4 is 4.72 Å². The van der Waals surface area contributed by atoms with Gasteiger partial charge in [0.25, 0.3) is 0 Å². The van der Waals surface area contributed by atoms with Crippen molar-refractivity contribution >= 4 is 21.6 Å². The van der Waals surface area contributed by atoms with Crippen LogP contribution in [0.2, 0.25) is 5.02 Å². The lowest BCUT2D eigenvalue weighted by Crippen LogP contribution is -2.31. The largest absolute Gasteiger partial charge is 0.384 e. The fourth-order valence-corrected chi connectivity index (χ4v) is 2.98. The van der Waals surface area contributed by atoms with Crippen LogP contribution in [0.4, 0.5) is 0 Å². The van der Waals surface area contributed by atoms with Crippen LogP contribution in [0.1, 0.15) is 5.56 Å². The molecule has 0 aliphatic rings. The normalized spacial score (nSPS) is 11.2. The summed E-state index contributed by atoms with van der Waals surface area (Å²) in [6.45, 7) is 0.637. The van der Waals surface area contributed by atoms with Gasteiger partial charge in [-0.3, -0.25) is 0 Å². The van der Waals surface area contributed by atoms with E-state index in [9.17, 15) is 8.42 Å². The first-order valence-electron chi connectivity index (χ1n) is 5.90. The van der Waals surface area contributed by atoms with Crippen molar-refractivity contribution < 1.29 is 13.5 Å². The Kier molecular flexibility index (Phi) is 6.46. The number of hydrogen-bond donors (Lipinski definition) is 2. The number of halogens is 1. The minimum Gasteiger partial charge on any atom is -0.384 e. The lowest BCUT2D eigenvalue weighted by molar-refractivity contribution is 0.350. The summed E-state index contributed by atoms with van der Waals surface area (Å²) in [5.74, 6) is 5.14. The molecule has 5 nitrogen and oxygen atoms in total. The van der Waals surface area contributed by atoms with Gasteiger partial charge in [-0.05, 0) is 32.3 Å². The number of aliphatic hydroxyl groups excluding tert-OH is 1. The Bertz CT molecular complexity index is 618. The number of nitrogens with zero attached hydrogens (tertiary/aromatic N) is 1. The van der Waals surface area contributed by atoms with E-state index in [1.54, 1.807) is 6.07 Å². The summed E-state index contributed by atoms with van der Waals surface area (Å²) in [4.78, 5) is 1.89.